The smallest absolute Gasteiger partial charge is 0.227 e. The summed E-state index contributed by atoms with van der Waals surface area (Å²) in [4.78, 5) is 13.8. The maximum atomic E-state index is 12.0. The molecule has 1 atom stereocenters. The summed E-state index contributed by atoms with van der Waals surface area (Å²) < 4.78 is 6.43. The molecule has 92 valence electrons. The average molecular weight is 410 g/mol. The first-order valence-corrected chi connectivity index (χ1v) is 7.55. The van der Waals surface area contributed by atoms with Gasteiger partial charge in [0.25, 0.3) is 0 Å². The van der Waals surface area contributed by atoms with Gasteiger partial charge in [0.1, 0.15) is 5.75 Å². The van der Waals surface area contributed by atoms with E-state index >= 15 is 0 Å². The van der Waals surface area contributed by atoms with Crippen molar-refractivity contribution in [3.05, 3.63) is 21.8 Å². The lowest BCUT2D eigenvalue weighted by atomic mass is 10.2. The normalized spacial score (nSPS) is 19.8. The minimum atomic E-state index is 0.176. The van der Waals surface area contributed by atoms with Gasteiger partial charge in [0.2, 0.25) is 5.91 Å². The van der Waals surface area contributed by atoms with E-state index < -0.39 is 0 Å². The molecule has 1 fully saturated rings. The number of carbonyl (C=O) groups is 1. The molecule has 1 aliphatic heterocycles. The Labute approximate surface area is 123 Å². The molecule has 1 unspecified atom stereocenters. The molecule has 1 heterocycles. The van der Waals surface area contributed by atoms with Crippen LogP contribution in [0.3, 0.4) is 0 Å². The maximum Gasteiger partial charge on any atom is 0.227 e. The highest BCUT2D eigenvalue weighted by molar-refractivity contribution is 14.1. The Kier molecular flexibility index (Phi) is 4.30. The van der Waals surface area contributed by atoms with Crippen molar-refractivity contribution in [2.75, 3.05) is 23.9 Å². The number of rotatable bonds is 3. The van der Waals surface area contributed by atoms with Gasteiger partial charge in [-0.25, -0.2) is 0 Å². The SMILES string of the molecule is COc1ccc(I)cc1N1CC(CBr)CC1=O. The molecule has 2 rings (SSSR count). The molecule has 1 saturated heterocycles. The number of nitrogens with zero attached hydrogens (tertiary/aromatic N) is 1. The predicted molar refractivity (Wildman–Crippen MR) is 80.0 cm³/mol. The van der Waals surface area contributed by atoms with Crippen molar-refractivity contribution >= 4 is 50.1 Å². The fourth-order valence-corrected chi connectivity index (χ4v) is 2.90. The highest BCUT2D eigenvalue weighted by atomic mass is 127. The predicted octanol–water partition coefficient (Wildman–Crippen LogP) is 3.05. The molecule has 0 saturated carbocycles. The van der Waals surface area contributed by atoms with E-state index in [0.717, 1.165) is 26.9 Å². The zero-order valence-corrected chi connectivity index (χ0v) is 13.2. The number of carbonyl (C=O) groups excluding carboxylic acids is 1. The maximum absolute atomic E-state index is 12.0. The van der Waals surface area contributed by atoms with Crippen molar-refractivity contribution in [3.63, 3.8) is 0 Å². The fourth-order valence-electron chi connectivity index (χ4n) is 1.99. The molecule has 1 aromatic carbocycles. The molecule has 1 aromatic rings. The van der Waals surface area contributed by atoms with Gasteiger partial charge in [-0.2, -0.15) is 0 Å². The summed E-state index contributed by atoms with van der Waals surface area (Å²) in [5.74, 6) is 1.33. The number of ether oxygens (including phenoxy) is 1. The van der Waals surface area contributed by atoms with Crippen LogP contribution >= 0.6 is 38.5 Å². The Morgan fingerprint density at radius 2 is 2.35 bits per heavy atom. The first-order valence-electron chi connectivity index (χ1n) is 5.35. The van der Waals surface area contributed by atoms with Crippen LogP contribution in [0, 0.1) is 9.49 Å². The second-order valence-corrected chi connectivity index (χ2v) is 5.94. The van der Waals surface area contributed by atoms with Crippen LogP contribution in [0.15, 0.2) is 18.2 Å². The van der Waals surface area contributed by atoms with Crippen LogP contribution in [0.2, 0.25) is 0 Å². The standard InChI is InChI=1S/C12H13BrINO2/c1-17-11-3-2-9(14)5-10(11)15-7-8(6-13)4-12(15)16/h2-3,5,8H,4,6-7H2,1H3. The zero-order chi connectivity index (χ0) is 12.4. The van der Waals surface area contributed by atoms with Crippen molar-refractivity contribution in [2.24, 2.45) is 5.92 Å². The Bertz CT molecular complexity index is 439. The van der Waals surface area contributed by atoms with Crippen molar-refractivity contribution in [2.45, 2.75) is 6.42 Å². The summed E-state index contributed by atoms with van der Waals surface area (Å²) in [6.07, 6.45) is 0.611. The monoisotopic (exact) mass is 409 g/mol. The molecule has 0 N–H and O–H groups in total. The number of halogens is 2. The molecule has 17 heavy (non-hydrogen) atoms. The molecule has 0 aliphatic carbocycles. The minimum Gasteiger partial charge on any atom is -0.495 e. The third-order valence-electron chi connectivity index (χ3n) is 2.86. The number of hydrogen-bond donors (Lipinski definition) is 0. The van der Waals surface area contributed by atoms with Gasteiger partial charge >= 0.3 is 0 Å². The molecular formula is C12H13BrINO2. The molecule has 0 aromatic heterocycles. The lowest BCUT2D eigenvalue weighted by Gasteiger charge is -2.19. The summed E-state index contributed by atoms with van der Waals surface area (Å²) >= 11 is 5.69. The topological polar surface area (TPSA) is 29.5 Å². The largest absolute Gasteiger partial charge is 0.495 e. The van der Waals surface area contributed by atoms with E-state index in [-0.39, 0.29) is 5.91 Å². The fraction of sp³-hybridized carbons (Fsp3) is 0.417. The number of alkyl halides is 1. The third kappa shape index (κ3) is 2.76. The Morgan fingerprint density at radius 1 is 1.59 bits per heavy atom. The molecule has 5 heteroatoms. The van der Waals surface area contributed by atoms with E-state index in [1.807, 2.05) is 23.1 Å². The van der Waals surface area contributed by atoms with Crippen LogP contribution in [-0.4, -0.2) is 24.9 Å². The van der Waals surface area contributed by atoms with E-state index in [4.69, 9.17) is 4.74 Å². The van der Waals surface area contributed by atoms with Crippen LogP contribution < -0.4 is 9.64 Å². The number of anilines is 1. The Morgan fingerprint density at radius 3 is 2.94 bits per heavy atom. The first kappa shape index (κ1) is 13.1. The second-order valence-electron chi connectivity index (χ2n) is 4.04. The van der Waals surface area contributed by atoms with Crippen LogP contribution in [0.4, 0.5) is 5.69 Å². The van der Waals surface area contributed by atoms with E-state index in [0.29, 0.717) is 12.3 Å². The highest BCUT2D eigenvalue weighted by Gasteiger charge is 2.31. The minimum absolute atomic E-state index is 0.176. The average Bonchev–Trinajstić information content (AvgIpc) is 2.70. The van der Waals surface area contributed by atoms with Crippen molar-refractivity contribution in [1.82, 2.24) is 0 Å². The van der Waals surface area contributed by atoms with Gasteiger partial charge in [-0.3, -0.25) is 4.79 Å². The molecule has 3 nitrogen and oxygen atoms in total. The van der Waals surface area contributed by atoms with Crippen LogP contribution in [0.25, 0.3) is 0 Å². The summed E-state index contributed by atoms with van der Waals surface area (Å²) in [5, 5.41) is 0.863. The van der Waals surface area contributed by atoms with Gasteiger partial charge in [-0.15, -0.1) is 0 Å². The van der Waals surface area contributed by atoms with E-state index in [1.165, 1.54) is 0 Å². The molecule has 0 bridgehead atoms. The molecule has 1 amide bonds. The summed E-state index contributed by atoms with van der Waals surface area (Å²) in [7, 11) is 1.63. The quantitative estimate of drug-likeness (QED) is 0.567. The van der Waals surface area contributed by atoms with E-state index in [9.17, 15) is 4.79 Å². The summed E-state index contributed by atoms with van der Waals surface area (Å²) in [6, 6.07) is 5.88. The lowest BCUT2D eigenvalue weighted by molar-refractivity contribution is -0.117. The zero-order valence-electron chi connectivity index (χ0n) is 9.45. The van der Waals surface area contributed by atoms with E-state index in [2.05, 4.69) is 38.5 Å². The number of methoxy groups -OCH3 is 1. The van der Waals surface area contributed by atoms with Gasteiger partial charge < -0.3 is 9.64 Å². The van der Waals surface area contributed by atoms with Gasteiger partial charge in [0.15, 0.2) is 0 Å². The van der Waals surface area contributed by atoms with Gasteiger partial charge in [-0.1, -0.05) is 15.9 Å². The van der Waals surface area contributed by atoms with Gasteiger partial charge in [-0.05, 0) is 46.7 Å². The van der Waals surface area contributed by atoms with Gasteiger partial charge in [0, 0.05) is 21.9 Å². The van der Waals surface area contributed by atoms with Crippen molar-refractivity contribution in [3.8, 4) is 5.75 Å². The van der Waals surface area contributed by atoms with Crippen LogP contribution in [0.1, 0.15) is 6.42 Å². The second kappa shape index (κ2) is 5.56. The van der Waals surface area contributed by atoms with Crippen molar-refractivity contribution in [1.29, 1.82) is 0 Å². The van der Waals surface area contributed by atoms with E-state index in [1.54, 1.807) is 7.11 Å². The summed E-state index contributed by atoms with van der Waals surface area (Å²) in [6.45, 7) is 0.764. The number of amides is 1. The molecular weight excluding hydrogens is 397 g/mol. The summed E-state index contributed by atoms with van der Waals surface area (Å²) in [5.41, 5.74) is 0.882. The number of hydrogen-bond acceptors (Lipinski definition) is 2. The molecule has 0 radical (unpaired) electrons. The highest BCUT2D eigenvalue weighted by Crippen LogP contribution is 2.34. The van der Waals surface area contributed by atoms with Crippen LogP contribution in [-0.2, 0) is 4.79 Å². The number of benzene rings is 1. The Hall–Kier alpha value is -0.300. The molecule has 1 aliphatic rings. The van der Waals surface area contributed by atoms with Crippen LogP contribution in [0.5, 0.6) is 5.75 Å². The third-order valence-corrected chi connectivity index (χ3v) is 4.44. The molecule has 0 spiro atoms. The van der Waals surface area contributed by atoms with Crippen molar-refractivity contribution < 1.29 is 9.53 Å². The first-order chi connectivity index (χ1) is 8.15. The Balaban J connectivity index is 2.33. The van der Waals surface area contributed by atoms with Gasteiger partial charge in [0.05, 0.1) is 12.8 Å². The lowest BCUT2D eigenvalue weighted by Crippen LogP contribution is -2.25.